The van der Waals surface area contributed by atoms with Crippen LogP contribution in [0.5, 0.6) is 0 Å². The predicted octanol–water partition coefficient (Wildman–Crippen LogP) is 3.88. The van der Waals surface area contributed by atoms with Crippen molar-refractivity contribution in [1.82, 2.24) is 9.88 Å². The number of nitrogens with zero attached hydrogens (tertiary/aromatic N) is 2. The summed E-state index contributed by atoms with van der Waals surface area (Å²) in [5, 5.41) is 0.779. The van der Waals surface area contributed by atoms with Crippen molar-refractivity contribution < 1.29 is 4.79 Å². The number of piperidine rings is 1. The number of aromatic nitrogens is 1. The van der Waals surface area contributed by atoms with Crippen LogP contribution in [0.15, 0.2) is 0 Å². The lowest BCUT2D eigenvalue weighted by Gasteiger charge is -2.31. The zero-order chi connectivity index (χ0) is 14.2. The van der Waals surface area contributed by atoms with Gasteiger partial charge in [0.2, 0.25) is 0 Å². The molecule has 19 heavy (non-hydrogen) atoms. The molecule has 2 rings (SSSR count). The Bertz CT molecular complexity index is 509. The minimum atomic E-state index is -0.0520. The van der Waals surface area contributed by atoms with Crippen LogP contribution >= 0.6 is 23.2 Å². The van der Waals surface area contributed by atoms with E-state index in [1.54, 1.807) is 6.92 Å². The minimum absolute atomic E-state index is 0.0520. The number of likely N-dealkylation sites (tertiary alicyclic amines) is 1. The van der Waals surface area contributed by atoms with Gasteiger partial charge >= 0.3 is 0 Å². The zero-order valence-electron chi connectivity index (χ0n) is 11.5. The van der Waals surface area contributed by atoms with Gasteiger partial charge < -0.3 is 4.90 Å². The lowest BCUT2D eigenvalue weighted by molar-refractivity contribution is 0.0696. The molecule has 1 fully saturated rings. The van der Waals surface area contributed by atoms with E-state index < -0.39 is 0 Å². The summed E-state index contributed by atoms with van der Waals surface area (Å²) in [6.07, 6.45) is 2.07. The number of halogens is 2. The van der Waals surface area contributed by atoms with Gasteiger partial charge in [0.1, 0.15) is 5.15 Å². The van der Waals surface area contributed by atoms with E-state index in [1.165, 1.54) is 0 Å². The third-order valence-electron chi connectivity index (χ3n) is 3.78. The van der Waals surface area contributed by atoms with Crippen molar-refractivity contribution in [2.75, 3.05) is 13.1 Å². The van der Waals surface area contributed by atoms with Gasteiger partial charge in [-0.2, -0.15) is 0 Å². The van der Waals surface area contributed by atoms with Crippen molar-refractivity contribution in [3.63, 3.8) is 0 Å². The molecular weight excluding hydrogens is 283 g/mol. The molecule has 0 radical (unpaired) electrons. The van der Waals surface area contributed by atoms with E-state index in [9.17, 15) is 4.79 Å². The molecule has 2 heterocycles. The monoisotopic (exact) mass is 300 g/mol. The number of hydrogen-bond donors (Lipinski definition) is 0. The molecule has 3 nitrogen and oxygen atoms in total. The summed E-state index contributed by atoms with van der Waals surface area (Å²) in [4.78, 5) is 18.6. The summed E-state index contributed by atoms with van der Waals surface area (Å²) >= 11 is 12.3. The Labute approximate surface area is 123 Å². The Morgan fingerprint density at radius 2 is 1.84 bits per heavy atom. The third kappa shape index (κ3) is 2.87. The SMILES string of the molecule is Cc1nc(Cl)c(C(=O)N2CCC(C)CC2)c(C)c1Cl. The molecule has 104 valence electrons. The van der Waals surface area contributed by atoms with Crippen LogP contribution in [0.2, 0.25) is 10.2 Å². The highest BCUT2D eigenvalue weighted by Crippen LogP contribution is 2.29. The molecule has 0 atom stereocenters. The fourth-order valence-corrected chi connectivity index (χ4v) is 2.89. The number of amides is 1. The maximum Gasteiger partial charge on any atom is 0.257 e. The largest absolute Gasteiger partial charge is 0.339 e. The van der Waals surface area contributed by atoms with Crippen molar-refractivity contribution in [3.8, 4) is 0 Å². The van der Waals surface area contributed by atoms with E-state index in [0.717, 1.165) is 31.5 Å². The van der Waals surface area contributed by atoms with Gasteiger partial charge in [-0.1, -0.05) is 30.1 Å². The molecule has 1 aliphatic rings. The van der Waals surface area contributed by atoms with Crippen molar-refractivity contribution in [1.29, 1.82) is 0 Å². The van der Waals surface area contributed by atoms with Crippen LogP contribution in [0.1, 0.15) is 41.4 Å². The maximum absolute atomic E-state index is 12.6. The van der Waals surface area contributed by atoms with Crippen LogP contribution in [-0.2, 0) is 0 Å². The number of aryl methyl sites for hydroxylation is 1. The first-order valence-corrected chi connectivity index (χ1v) is 7.29. The highest BCUT2D eigenvalue weighted by Gasteiger charge is 2.26. The smallest absolute Gasteiger partial charge is 0.257 e. The molecule has 0 aliphatic carbocycles. The van der Waals surface area contributed by atoms with E-state index in [1.807, 2.05) is 11.8 Å². The maximum atomic E-state index is 12.6. The molecule has 0 unspecified atom stereocenters. The fraction of sp³-hybridized carbons (Fsp3) is 0.571. The molecule has 1 saturated heterocycles. The topological polar surface area (TPSA) is 33.2 Å². The second kappa shape index (κ2) is 5.68. The number of rotatable bonds is 1. The van der Waals surface area contributed by atoms with Gasteiger partial charge in [0.05, 0.1) is 16.3 Å². The van der Waals surface area contributed by atoms with Crippen LogP contribution < -0.4 is 0 Å². The Kier molecular flexibility index (Phi) is 4.36. The Balaban J connectivity index is 2.32. The van der Waals surface area contributed by atoms with Gasteiger partial charge in [0.15, 0.2) is 0 Å². The van der Waals surface area contributed by atoms with Crippen LogP contribution in [-0.4, -0.2) is 28.9 Å². The van der Waals surface area contributed by atoms with Gasteiger partial charge in [-0.05, 0) is 38.2 Å². The highest BCUT2D eigenvalue weighted by atomic mass is 35.5. The molecule has 1 aromatic heterocycles. The number of carbonyl (C=O) groups excluding carboxylic acids is 1. The standard InChI is InChI=1S/C14H18Cl2N2O/c1-8-4-6-18(7-5-8)14(19)11-9(2)12(15)10(3)17-13(11)16/h8H,4-7H2,1-3H3. The normalized spacial score (nSPS) is 16.8. The molecule has 0 spiro atoms. The summed E-state index contributed by atoms with van der Waals surface area (Å²) in [5.41, 5.74) is 1.84. The summed E-state index contributed by atoms with van der Waals surface area (Å²) in [6, 6.07) is 0. The van der Waals surface area contributed by atoms with Crippen molar-refractivity contribution in [3.05, 3.63) is 27.0 Å². The first-order chi connectivity index (χ1) is 8.91. The molecule has 1 aromatic rings. The third-order valence-corrected chi connectivity index (χ3v) is 4.61. The molecular formula is C14H18Cl2N2O. The molecule has 0 aromatic carbocycles. The number of hydrogen-bond acceptors (Lipinski definition) is 2. The van der Waals surface area contributed by atoms with E-state index in [-0.39, 0.29) is 11.1 Å². The van der Waals surface area contributed by atoms with Crippen LogP contribution in [0, 0.1) is 19.8 Å². The number of pyridine rings is 1. The highest BCUT2D eigenvalue weighted by molar-refractivity contribution is 6.35. The molecule has 5 heteroatoms. The summed E-state index contributed by atoms with van der Waals surface area (Å²) in [7, 11) is 0. The van der Waals surface area contributed by atoms with Gasteiger partial charge in [-0.3, -0.25) is 4.79 Å². The average Bonchev–Trinajstić information content (AvgIpc) is 2.37. The van der Waals surface area contributed by atoms with Crippen LogP contribution in [0.4, 0.5) is 0 Å². The second-order valence-electron chi connectivity index (χ2n) is 5.28. The second-order valence-corrected chi connectivity index (χ2v) is 6.01. The Morgan fingerprint density at radius 1 is 1.26 bits per heavy atom. The van der Waals surface area contributed by atoms with Gasteiger partial charge in [-0.25, -0.2) is 4.98 Å². The van der Waals surface area contributed by atoms with Crippen molar-refractivity contribution >= 4 is 29.1 Å². The molecule has 0 N–H and O–H groups in total. The number of carbonyl (C=O) groups is 1. The summed E-state index contributed by atoms with van der Waals surface area (Å²) < 4.78 is 0. The summed E-state index contributed by atoms with van der Waals surface area (Å²) in [5.74, 6) is 0.629. The molecule has 1 amide bonds. The van der Waals surface area contributed by atoms with E-state index in [0.29, 0.717) is 22.2 Å². The molecule has 0 bridgehead atoms. The lowest BCUT2D eigenvalue weighted by atomic mass is 9.98. The molecule has 1 aliphatic heterocycles. The van der Waals surface area contributed by atoms with Crippen molar-refractivity contribution in [2.45, 2.75) is 33.6 Å². The minimum Gasteiger partial charge on any atom is -0.339 e. The fourth-order valence-electron chi connectivity index (χ4n) is 2.41. The van der Waals surface area contributed by atoms with E-state index >= 15 is 0 Å². The summed E-state index contributed by atoms with van der Waals surface area (Å²) in [6.45, 7) is 7.38. The lowest BCUT2D eigenvalue weighted by Crippen LogP contribution is -2.38. The van der Waals surface area contributed by atoms with E-state index in [2.05, 4.69) is 11.9 Å². The Morgan fingerprint density at radius 3 is 2.42 bits per heavy atom. The van der Waals surface area contributed by atoms with Gasteiger partial charge in [-0.15, -0.1) is 0 Å². The van der Waals surface area contributed by atoms with Crippen LogP contribution in [0.3, 0.4) is 0 Å². The molecule has 0 saturated carbocycles. The quantitative estimate of drug-likeness (QED) is 0.738. The van der Waals surface area contributed by atoms with Crippen LogP contribution in [0.25, 0.3) is 0 Å². The van der Waals surface area contributed by atoms with Gasteiger partial charge in [0, 0.05) is 13.1 Å². The Hall–Kier alpha value is -0.800. The first-order valence-electron chi connectivity index (χ1n) is 6.53. The van der Waals surface area contributed by atoms with Gasteiger partial charge in [0.25, 0.3) is 5.91 Å². The first kappa shape index (κ1) is 14.6. The van der Waals surface area contributed by atoms with E-state index in [4.69, 9.17) is 23.2 Å². The predicted molar refractivity (Wildman–Crippen MR) is 78.0 cm³/mol. The average molecular weight is 301 g/mol. The van der Waals surface area contributed by atoms with Crippen molar-refractivity contribution in [2.24, 2.45) is 5.92 Å². The zero-order valence-corrected chi connectivity index (χ0v) is 13.0.